The van der Waals surface area contributed by atoms with E-state index in [2.05, 4.69) is 23.1 Å². The van der Waals surface area contributed by atoms with Crippen molar-refractivity contribution in [3.05, 3.63) is 41.6 Å². The van der Waals surface area contributed by atoms with E-state index in [-0.39, 0.29) is 0 Å². The van der Waals surface area contributed by atoms with Gasteiger partial charge < -0.3 is 4.90 Å². The molecule has 1 aromatic rings. The molecule has 3 fully saturated rings. The third-order valence-electron chi connectivity index (χ3n) is 5.02. The van der Waals surface area contributed by atoms with Gasteiger partial charge in [0.15, 0.2) is 5.78 Å². The van der Waals surface area contributed by atoms with Gasteiger partial charge in [-0.3, -0.25) is 4.79 Å². The number of rotatable bonds is 1. The summed E-state index contributed by atoms with van der Waals surface area (Å²) in [6.45, 7) is 0. The van der Waals surface area contributed by atoms with Gasteiger partial charge >= 0.3 is 0 Å². The van der Waals surface area contributed by atoms with Crippen LogP contribution in [0.3, 0.4) is 0 Å². The molecule has 0 amide bonds. The summed E-state index contributed by atoms with van der Waals surface area (Å²) < 4.78 is 0. The highest BCUT2D eigenvalue weighted by molar-refractivity contribution is 6.00. The Bertz CT molecular complexity index is 533. The molecule has 19 heavy (non-hydrogen) atoms. The fourth-order valence-electron chi connectivity index (χ4n) is 4.26. The maximum absolute atomic E-state index is 12.4. The lowest BCUT2D eigenvalue weighted by Crippen LogP contribution is -2.45. The van der Waals surface area contributed by atoms with Gasteiger partial charge in [-0.25, -0.2) is 0 Å². The number of piperidine rings is 2. The van der Waals surface area contributed by atoms with Crippen molar-refractivity contribution in [3.8, 4) is 0 Å². The van der Waals surface area contributed by atoms with E-state index in [1.54, 1.807) is 0 Å². The number of hydrogen-bond donors (Lipinski definition) is 0. The van der Waals surface area contributed by atoms with Crippen molar-refractivity contribution < 1.29 is 4.79 Å². The van der Waals surface area contributed by atoms with Crippen LogP contribution in [0.1, 0.15) is 37.7 Å². The van der Waals surface area contributed by atoms with Crippen LogP contribution in [0.4, 0.5) is 0 Å². The first-order valence-corrected chi connectivity index (χ1v) is 7.41. The normalized spacial score (nSPS) is 34.9. The molecule has 3 aliphatic heterocycles. The molecule has 0 aromatic heterocycles. The van der Waals surface area contributed by atoms with Crippen LogP contribution in [0.5, 0.6) is 0 Å². The number of nitrogens with zero attached hydrogens (tertiary/aromatic N) is 1. The molecule has 3 unspecified atom stereocenters. The Morgan fingerprint density at radius 3 is 2.84 bits per heavy atom. The van der Waals surface area contributed by atoms with Gasteiger partial charge in [-0.1, -0.05) is 30.3 Å². The van der Waals surface area contributed by atoms with Crippen LogP contribution in [-0.4, -0.2) is 22.8 Å². The van der Waals surface area contributed by atoms with Crippen LogP contribution >= 0.6 is 0 Å². The zero-order valence-electron chi connectivity index (χ0n) is 11.1. The molecule has 0 aliphatic carbocycles. The number of ketones is 1. The van der Waals surface area contributed by atoms with Crippen LogP contribution in [0.2, 0.25) is 0 Å². The molecule has 3 heterocycles. The van der Waals surface area contributed by atoms with Gasteiger partial charge in [-0.15, -0.1) is 0 Å². The van der Waals surface area contributed by atoms with E-state index in [4.69, 9.17) is 0 Å². The Kier molecular flexibility index (Phi) is 2.51. The maximum Gasteiger partial charge on any atom is 0.179 e. The van der Waals surface area contributed by atoms with E-state index in [0.717, 1.165) is 17.7 Å². The minimum Gasteiger partial charge on any atom is -0.362 e. The Balaban J connectivity index is 1.74. The quantitative estimate of drug-likeness (QED) is 0.716. The minimum atomic E-state index is 0.356. The predicted molar refractivity (Wildman–Crippen MR) is 75.4 cm³/mol. The van der Waals surface area contributed by atoms with Crippen LogP contribution in [0.15, 0.2) is 36.0 Å². The Hall–Kier alpha value is -1.57. The average Bonchev–Trinajstić information content (AvgIpc) is 2.58. The van der Waals surface area contributed by atoms with Crippen LogP contribution in [0.25, 0.3) is 6.08 Å². The summed E-state index contributed by atoms with van der Waals surface area (Å²) in [5, 5.41) is 0. The lowest BCUT2D eigenvalue weighted by Gasteiger charge is -2.41. The SMILES string of the molecule is O=C1CC2CC3CCCC2N3C1=Cc1ccccc1. The smallest absolute Gasteiger partial charge is 0.179 e. The van der Waals surface area contributed by atoms with Crippen molar-refractivity contribution in [2.24, 2.45) is 5.92 Å². The van der Waals surface area contributed by atoms with Gasteiger partial charge in [0, 0.05) is 18.5 Å². The molecule has 1 aromatic carbocycles. The maximum atomic E-state index is 12.4. The number of carbonyl (C=O) groups excluding carboxylic acids is 1. The van der Waals surface area contributed by atoms with Crippen LogP contribution in [0, 0.1) is 5.92 Å². The fourth-order valence-corrected chi connectivity index (χ4v) is 4.26. The van der Waals surface area contributed by atoms with E-state index in [0.29, 0.717) is 23.8 Å². The second-order valence-electron chi connectivity index (χ2n) is 6.12. The second kappa shape index (κ2) is 4.22. The number of Topliss-reactive ketones (excluding diaryl/α,β-unsaturated/α-hetero) is 1. The van der Waals surface area contributed by atoms with E-state index < -0.39 is 0 Å². The molecule has 3 aliphatic rings. The van der Waals surface area contributed by atoms with Crippen LogP contribution < -0.4 is 0 Å². The van der Waals surface area contributed by atoms with Gasteiger partial charge in [0.25, 0.3) is 0 Å². The molecule has 0 spiro atoms. The van der Waals surface area contributed by atoms with Crippen LogP contribution in [-0.2, 0) is 4.79 Å². The summed E-state index contributed by atoms with van der Waals surface area (Å²) >= 11 is 0. The molecule has 3 saturated heterocycles. The Morgan fingerprint density at radius 2 is 2.00 bits per heavy atom. The summed E-state index contributed by atoms with van der Waals surface area (Å²) in [4.78, 5) is 14.8. The zero-order chi connectivity index (χ0) is 12.8. The predicted octanol–water partition coefficient (Wildman–Crippen LogP) is 3.24. The fraction of sp³-hybridized carbons (Fsp3) is 0.471. The van der Waals surface area contributed by atoms with Crippen molar-refractivity contribution in [2.75, 3.05) is 0 Å². The monoisotopic (exact) mass is 253 g/mol. The zero-order valence-corrected chi connectivity index (χ0v) is 11.1. The van der Waals surface area contributed by atoms with E-state index in [1.807, 2.05) is 18.2 Å². The number of hydrogen-bond acceptors (Lipinski definition) is 2. The molecule has 0 radical (unpaired) electrons. The van der Waals surface area contributed by atoms with E-state index in [9.17, 15) is 4.79 Å². The Morgan fingerprint density at radius 1 is 1.16 bits per heavy atom. The summed E-state index contributed by atoms with van der Waals surface area (Å²) in [6.07, 6.45) is 8.01. The summed E-state index contributed by atoms with van der Waals surface area (Å²) in [5.41, 5.74) is 2.13. The van der Waals surface area contributed by atoms with Crippen molar-refractivity contribution in [2.45, 2.75) is 44.2 Å². The van der Waals surface area contributed by atoms with Gasteiger partial charge in [0.05, 0.1) is 5.70 Å². The lowest BCUT2D eigenvalue weighted by atomic mass is 9.87. The standard InChI is InChI=1S/C17H19NO/c19-17-11-13-10-14-7-4-8-15(13)18(14)16(17)9-12-5-2-1-3-6-12/h1-3,5-6,9,13-15H,4,7-8,10-11H2. The molecule has 2 heteroatoms. The lowest BCUT2D eigenvalue weighted by molar-refractivity contribution is -0.120. The van der Waals surface area contributed by atoms with Gasteiger partial charge in [-0.05, 0) is 43.2 Å². The highest BCUT2D eigenvalue weighted by Gasteiger charge is 2.49. The van der Waals surface area contributed by atoms with Gasteiger partial charge in [0.1, 0.15) is 0 Å². The molecule has 4 bridgehead atoms. The molecule has 4 rings (SSSR count). The third kappa shape index (κ3) is 1.73. The molecule has 98 valence electrons. The number of benzene rings is 1. The third-order valence-corrected chi connectivity index (χ3v) is 5.02. The van der Waals surface area contributed by atoms with Crippen molar-refractivity contribution in [1.82, 2.24) is 4.90 Å². The molecular formula is C17H19NO. The Labute approximate surface area is 114 Å². The largest absolute Gasteiger partial charge is 0.362 e. The highest BCUT2D eigenvalue weighted by Crippen LogP contribution is 2.47. The first kappa shape index (κ1) is 11.3. The summed E-state index contributed by atoms with van der Waals surface area (Å²) in [5.74, 6) is 0.988. The first-order chi connectivity index (χ1) is 9.33. The van der Waals surface area contributed by atoms with Crippen molar-refractivity contribution in [3.63, 3.8) is 0 Å². The molecule has 2 nitrogen and oxygen atoms in total. The van der Waals surface area contributed by atoms with Crippen molar-refractivity contribution >= 4 is 11.9 Å². The van der Waals surface area contributed by atoms with E-state index in [1.165, 1.54) is 25.7 Å². The van der Waals surface area contributed by atoms with E-state index >= 15 is 0 Å². The summed E-state index contributed by atoms with van der Waals surface area (Å²) in [6, 6.07) is 11.5. The number of allylic oxidation sites excluding steroid dienone is 1. The highest BCUT2D eigenvalue weighted by atomic mass is 16.1. The average molecular weight is 253 g/mol. The first-order valence-electron chi connectivity index (χ1n) is 7.41. The van der Waals surface area contributed by atoms with Crippen molar-refractivity contribution in [1.29, 1.82) is 0 Å². The molecule has 3 atom stereocenters. The topological polar surface area (TPSA) is 20.3 Å². The molecular weight excluding hydrogens is 234 g/mol. The minimum absolute atomic E-state index is 0.356. The molecule has 0 N–H and O–H groups in total. The molecule has 0 saturated carbocycles. The summed E-state index contributed by atoms with van der Waals surface area (Å²) in [7, 11) is 0. The van der Waals surface area contributed by atoms with Gasteiger partial charge in [-0.2, -0.15) is 0 Å². The second-order valence-corrected chi connectivity index (χ2v) is 6.12. The van der Waals surface area contributed by atoms with Gasteiger partial charge in [0.2, 0.25) is 0 Å². The number of carbonyl (C=O) groups is 1.